The van der Waals surface area contributed by atoms with Crippen molar-refractivity contribution in [1.82, 2.24) is 0 Å². The van der Waals surface area contributed by atoms with Gasteiger partial charge in [0.1, 0.15) is 6.10 Å². The molecular weight excluding hydrogens is 310 g/mol. The number of nitrogens with two attached hydrogens (primary N) is 1. The number of unbranched alkanes of at least 4 members (excludes halogenated alkanes) is 9. The van der Waals surface area contributed by atoms with Gasteiger partial charge in [0, 0.05) is 0 Å². The van der Waals surface area contributed by atoms with Crippen molar-refractivity contribution >= 4 is 5.97 Å². The van der Waals surface area contributed by atoms with Crippen molar-refractivity contribution in [3.05, 3.63) is 0 Å². The van der Waals surface area contributed by atoms with Crippen LogP contribution in [0, 0.1) is 5.92 Å². The van der Waals surface area contributed by atoms with Gasteiger partial charge >= 0.3 is 5.97 Å². The summed E-state index contributed by atoms with van der Waals surface area (Å²) in [6.45, 7) is 6.75. The molecule has 0 saturated heterocycles. The van der Waals surface area contributed by atoms with Crippen molar-refractivity contribution in [2.45, 2.75) is 123 Å². The van der Waals surface area contributed by atoms with Crippen molar-refractivity contribution in [3.8, 4) is 0 Å². The molecule has 0 bridgehead atoms. The molecule has 3 heteroatoms. The number of carbonyl (C=O) groups excluding carboxylic acids is 1. The molecule has 2 N–H and O–H groups in total. The third-order valence-corrected chi connectivity index (χ3v) is 5.23. The minimum atomic E-state index is -0.244. The van der Waals surface area contributed by atoms with Crippen molar-refractivity contribution < 1.29 is 9.53 Å². The van der Waals surface area contributed by atoms with E-state index in [1.165, 1.54) is 83.5 Å². The maximum absolute atomic E-state index is 11.6. The fourth-order valence-electron chi connectivity index (χ4n) is 3.49. The summed E-state index contributed by atoms with van der Waals surface area (Å²) in [5.41, 5.74) is 5.43. The van der Waals surface area contributed by atoms with Crippen molar-refractivity contribution in [2.75, 3.05) is 6.54 Å². The second-order valence-corrected chi connectivity index (χ2v) is 7.59. The molecule has 0 aliphatic heterocycles. The van der Waals surface area contributed by atoms with E-state index in [-0.39, 0.29) is 18.6 Å². The quantitative estimate of drug-likeness (QED) is 0.229. The van der Waals surface area contributed by atoms with E-state index >= 15 is 0 Å². The normalized spacial score (nSPS) is 13.6. The summed E-state index contributed by atoms with van der Waals surface area (Å²) in [7, 11) is 0. The molecule has 0 spiro atoms. The Hall–Kier alpha value is -0.570. The van der Waals surface area contributed by atoms with Crippen LogP contribution in [0.4, 0.5) is 0 Å². The summed E-state index contributed by atoms with van der Waals surface area (Å²) >= 11 is 0. The lowest BCUT2D eigenvalue weighted by molar-refractivity contribution is -0.148. The number of ether oxygens (including phenoxy) is 1. The maximum atomic E-state index is 11.6. The summed E-state index contributed by atoms with van der Waals surface area (Å²) in [5, 5.41) is 0. The molecule has 0 amide bonds. The molecule has 25 heavy (non-hydrogen) atoms. The number of rotatable bonds is 18. The zero-order chi connectivity index (χ0) is 18.8. The first-order valence-corrected chi connectivity index (χ1v) is 11.1. The number of hydrogen-bond donors (Lipinski definition) is 1. The van der Waals surface area contributed by atoms with Gasteiger partial charge in [-0.15, -0.1) is 0 Å². The van der Waals surface area contributed by atoms with E-state index in [2.05, 4.69) is 20.8 Å². The van der Waals surface area contributed by atoms with Gasteiger partial charge in [0.05, 0.1) is 6.54 Å². The van der Waals surface area contributed by atoms with E-state index in [1.807, 2.05) is 0 Å². The van der Waals surface area contributed by atoms with Gasteiger partial charge in [-0.3, -0.25) is 4.79 Å². The molecule has 150 valence electrons. The third-order valence-electron chi connectivity index (χ3n) is 5.23. The zero-order valence-electron chi connectivity index (χ0n) is 17.4. The SMILES string of the molecule is CCCCCCCCCCCC(CC(CC)CCCC)OC(=O)CN. The van der Waals surface area contributed by atoms with Gasteiger partial charge in [0.2, 0.25) is 0 Å². The second-order valence-electron chi connectivity index (χ2n) is 7.59. The monoisotopic (exact) mass is 355 g/mol. The molecule has 0 aliphatic rings. The first-order chi connectivity index (χ1) is 12.2. The number of esters is 1. The van der Waals surface area contributed by atoms with Gasteiger partial charge in [-0.1, -0.05) is 97.8 Å². The van der Waals surface area contributed by atoms with E-state index < -0.39 is 0 Å². The average Bonchev–Trinajstić information content (AvgIpc) is 2.63. The Morgan fingerprint density at radius 2 is 1.36 bits per heavy atom. The maximum Gasteiger partial charge on any atom is 0.319 e. The van der Waals surface area contributed by atoms with Gasteiger partial charge in [-0.05, 0) is 25.2 Å². The van der Waals surface area contributed by atoms with Crippen LogP contribution in [-0.2, 0) is 9.53 Å². The Morgan fingerprint density at radius 3 is 1.88 bits per heavy atom. The standard InChI is InChI=1S/C22H45NO2/c1-4-7-9-10-11-12-13-14-15-17-21(25-22(24)19-23)18-20(6-3)16-8-5-2/h20-21H,4-19,23H2,1-3H3. The van der Waals surface area contributed by atoms with Crippen molar-refractivity contribution in [2.24, 2.45) is 11.7 Å². The molecule has 0 aromatic heterocycles. The largest absolute Gasteiger partial charge is 0.461 e. The Bertz CT molecular complexity index is 294. The van der Waals surface area contributed by atoms with Gasteiger partial charge in [-0.25, -0.2) is 0 Å². The van der Waals surface area contributed by atoms with E-state index in [9.17, 15) is 4.79 Å². The molecule has 0 aromatic rings. The highest BCUT2D eigenvalue weighted by atomic mass is 16.5. The number of hydrogen-bond acceptors (Lipinski definition) is 3. The van der Waals surface area contributed by atoms with E-state index in [0.717, 1.165) is 12.8 Å². The van der Waals surface area contributed by atoms with Crippen LogP contribution < -0.4 is 5.73 Å². The predicted molar refractivity (Wildman–Crippen MR) is 109 cm³/mol. The van der Waals surface area contributed by atoms with E-state index in [4.69, 9.17) is 10.5 Å². The van der Waals surface area contributed by atoms with Crippen LogP contribution in [0.2, 0.25) is 0 Å². The van der Waals surface area contributed by atoms with Crippen LogP contribution in [0.1, 0.15) is 117 Å². The second kappa shape index (κ2) is 18.2. The van der Waals surface area contributed by atoms with Crippen LogP contribution in [0.15, 0.2) is 0 Å². The van der Waals surface area contributed by atoms with Gasteiger partial charge < -0.3 is 10.5 Å². The van der Waals surface area contributed by atoms with Crippen LogP contribution in [0.5, 0.6) is 0 Å². The molecule has 2 unspecified atom stereocenters. The van der Waals surface area contributed by atoms with Crippen LogP contribution >= 0.6 is 0 Å². The Balaban J connectivity index is 3.99. The fourth-order valence-corrected chi connectivity index (χ4v) is 3.49. The molecule has 0 heterocycles. The first-order valence-electron chi connectivity index (χ1n) is 11.1. The highest BCUT2D eigenvalue weighted by molar-refractivity contribution is 5.71. The molecule has 0 aromatic carbocycles. The molecule has 0 rings (SSSR count). The first kappa shape index (κ1) is 24.4. The fraction of sp³-hybridized carbons (Fsp3) is 0.955. The molecule has 0 saturated carbocycles. The smallest absolute Gasteiger partial charge is 0.319 e. The molecule has 0 fully saturated rings. The van der Waals surface area contributed by atoms with Crippen molar-refractivity contribution in [1.29, 1.82) is 0 Å². The lowest BCUT2D eigenvalue weighted by Gasteiger charge is -2.23. The Morgan fingerprint density at radius 1 is 0.800 bits per heavy atom. The Labute approximate surface area is 157 Å². The third kappa shape index (κ3) is 15.4. The number of carbonyl (C=O) groups is 1. The zero-order valence-corrected chi connectivity index (χ0v) is 17.4. The predicted octanol–water partition coefficient (Wildman–Crippen LogP) is 6.38. The topological polar surface area (TPSA) is 52.3 Å². The lowest BCUT2D eigenvalue weighted by atomic mass is 9.91. The molecule has 0 aliphatic carbocycles. The van der Waals surface area contributed by atoms with Crippen LogP contribution in [0.25, 0.3) is 0 Å². The van der Waals surface area contributed by atoms with E-state index in [0.29, 0.717) is 5.92 Å². The van der Waals surface area contributed by atoms with Crippen LogP contribution in [0.3, 0.4) is 0 Å². The summed E-state index contributed by atoms with van der Waals surface area (Å²) in [5.74, 6) is 0.431. The summed E-state index contributed by atoms with van der Waals surface area (Å²) in [6.07, 6.45) is 19.0. The van der Waals surface area contributed by atoms with Gasteiger partial charge in [0.15, 0.2) is 0 Å². The highest BCUT2D eigenvalue weighted by Gasteiger charge is 2.18. The average molecular weight is 356 g/mol. The summed E-state index contributed by atoms with van der Waals surface area (Å²) < 4.78 is 5.62. The molecule has 2 atom stereocenters. The minimum Gasteiger partial charge on any atom is -0.461 e. The summed E-state index contributed by atoms with van der Waals surface area (Å²) in [4.78, 5) is 11.6. The molecular formula is C22H45NO2. The molecule has 0 radical (unpaired) electrons. The van der Waals surface area contributed by atoms with Gasteiger partial charge in [-0.2, -0.15) is 0 Å². The van der Waals surface area contributed by atoms with Gasteiger partial charge in [0.25, 0.3) is 0 Å². The van der Waals surface area contributed by atoms with Crippen LogP contribution in [-0.4, -0.2) is 18.6 Å². The van der Waals surface area contributed by atoms with Crippen molar-refractivity contribution in [3.63, 3.8) is 0 Å². The lowest BCUT2D eigenvalue weighted by Crippen LogP contribution is -2.26. The Kier molecular flexibility index (Phi) is 17.8. The molecule has 3 nitrogen and oxygen atoms in total. The highest BCUT2D eigenvalue weighted by Crippen LogP contribution is 2.23. The van der Waals surface area contributed by atoms with E-state index in [1.54, 1.807) is 0 Å². The summed E-state index contributed by atoms with van der Waals surface area (Å²) in [6, 6.07) is 0. The minimum absolute atomic E-state index is 0.0000116.